The molecule has 3 aromatic rings. The van der Waals surface area contributed by atoms with Crippen molar-refractivity contribution in [2.75, 3.05) is 5.32 Å². The molecule has 0 radical (unpaired) electrons. The SMILES string of the molecule is Cc1cncc(NC(=O)c2ccc(CN3C(=O)c4ccc(Cl)cc4CC(=O)[C@H]3C)cc2)n1. The second-order valence-corrected chi connectivity index (χ2v) is 8.19. The van der Waals surface area contributed by atoms with E-state index in [4.69, 9.17) is 11.6 Å². The molecule has 0 spiro atoms. The molecule has 1 N–H and O–H groups in total. The van der Waals surface area contributed by atoms with E-state index in [9.17, 15) is 14.4 Å². The number of amides is 2. The molecule has 2 aromatic carbocycles. The number of carbonyl (C=O) groups is 3. The van der Waals surface area contributed by atoms with Gasteiger partial charge in [0.2, 0.25) is 0 Å². The second kappa shape index (κ2) is 8.88. The summed E-state index contributed by atoms with van der Waals surface area (Å²) < 4.78 is 0. The van der Waals surface area contributed by atoms with Gasteiger partial charge < -0.3 is 10.2 Å². The number of rotatable bonds is 4. The molecule has 2 heterocycles. The summed E-state index contributed by atoms with van der Waals surface area (Å²) in [4.78, 5) is 48.1. The van der Waals surface area contributed by atoms with Gasteiger partial charge in [0.15, 0.2) is 11.6 Å². The molecule has 0 saturated carbocycles. The summed E-state index contributed by atoms with van der Waals surface area (Å²) in [6, 6.07) is 11.3. The van der Waals surface area contributed by atoms with Gasteiger partial charge in [-0.05, 0) is 55.3 Å². The molecule has 1 aliphatic heterocycles. The van der Waals surface area contributed by atoms with E-state index in [-0.39, 0.29) is 30.6 Å². The highest BCUT2D eigenvalue weighted by Gasteiger charge is 2.32. The predicted octanol–water partition coefficient (Wildman–Crippen LogP) is 3.85. The second-order valence-electron chi connectivity index (χ2n) is 7.75. The Bertz CT molecular complexity index is 1210. The Hall–Kier alpha value is -3.58. The van der Waals surface area contributed by atoms with Crippen molar-refractivity contribution in [1.29, 1.82) is 0 Å². The maximum atomic E-state index is 13.2. The van der Waals surface area contributed by atoms with Crippen LogP contribution in [0.25, 0.3) is 0 Å². The zero-order valence-electron chi connectivity index (χ0n) is 17.6. The van der Waals surface area contributed by atoms with E-state index in [0.29, 0.717) is 33.2 Å². The van der Waals surface area contributed by atoms with Crippen LogP contribution in [0.5, 0.6) is 0 Å². The fourth-order valence-electron chi connectivity index (χ4n) is 3.64. The summed E-state index contributed by atoms with van der Waals surface area (Å²) >= 11 is 6.05. The molecule has 2 amide bonds. The Morgan fingerprint density at radius 1 is 1.16 bits per heavy atom. The molecule has 7 nitrogen and oxygen atoms in total. The summed E-state index contributed by atoms with van der Waals surface area (Å²) in [5.41, 5.74) is 3.09. The third-order valence-corrected chi connectivity index (χ3v) is 5.66. The van der Waals surface area contributed by atoms with Crippen LogP contribution in [0.15, 0.2) is 54.9 Å². The van der Waals surface area contributed by atoms with Crippen molar-refractivity contribution in [2.24, 2.45) is 0 Å². The lowest BCUT2D eigenvalue weighted by Crippen LogP contribution is -2.41. The molecule has 0 aliphatic carbocycles. The molecule has 8 heteroatoms. The first-order valence-electron chi connectivity index (χ1n) is 10.1. The number of aryl methyl sites for hydroxylation is 1. The summed E-state index contributed by atoms with van der Waals surface area (Å²) in [5, 5.41) is 3.21. The maximum Gasteiger partial charge on any atom is 0.256 e. The highest BCUT2D eigenvalue weighted by Crippen LogP contribution is 2.25. The molecule has 1 aromatic heterocycles. The molecule has 4 rings (SSSR count). The first-order valence-corrected chi connectivity index (χ1v) is 10.5. The number of carbonyl (C=O) groups excluding carboxylic acids is 3. The number of hydrogen-bond acceptors (Lipinski definition) is 5. The van der Waals surface area contributed by atoms with Crippen LogP contribution in [-0.4, -0.2) is 38.5 Å². The smallest absolute Gasteiger partial charge is 0.256 e. The van der Waals surface area contributed by atoms with E-state index in [0.717, 1.165) is 5.56 Å². The summed E-state index contributed by atoms with van der Waals surface area (Å²) in [6.07, 6.45) is 3.25. The predicted molar refractivity (Wildman–Crippen MR) is 121 cm³/mol. The van der Waals surface area contributed by atoms with Gasteiger partial charge in [-0.2, -0.15) is 0 Å². The first kappa shape index (κ1) is 21.6. The fraction of sp³-hybridized carbons (Fsp3) is 0.208. The normalized spacial score (nSPS) is 15.8. The van der Waals surface area contributed by atoms with Crippen molar-refractivity contribution in [3.05, 3.63) is 87.8 Å². The highest BCUT2D eigenvalue weighted by atomic mass is 35.5. The molecule has 162 valence electrons. The summed E-state index contributed by atoms with van der Waals surface area (Å²) in [7, 11) is 0. The van der Waals surface area contributed by atoms with Crippen LogP contribution in [0.4, 0.5) is 5.82 Å². The van der Waals surface area contributed by atoms with Crippen LogP contribution in [0.1, 0.15) is 44.5 Å². The van der Waals surface area contributed by atoms with Gasteiger partial charge >= 0.3 is 0 Å². The van der Waals surface area contributed by atoms with Crippen LogP contribution in [0.2, 0.25) is 5.02 Å². The van der Waals surface area contributed by atoms with Gasteiger partial charge in [-0.1, -0.05) is 23.7 Å². The minimum atomic E-state index is -0.573. The maximum absolute atomic E-state index is 13.2. The van der Waals surface area contributed by atoms with E-state index in [1.165, 1.54) is 6.20 Å². The topological polar surface area (TPSA) is 92.3 Å². The average Bonchev–Trinajstić information content (AvgIpc) is 2.84. The Morgan fingerprint density at radius 2 is 1.91 bits per heavy atom. The van der Waals surface area contributed by atoms with Gasteiger partial charge in [0.1, 0.15) is 0 Å². The number of anilines is 1. The van der Waals surface area contributed by atoms with E-state index in [2.05, 4.69) is 15.3 Å². The van der Waals surface area contributed by atoms with Gasteiger partial charge in [0.25, 0.3) is 11.8 Å². The summed E-state index contributed by atoms with van der Waals surface area (Å²) in [6.45, 7) is 3.78. The first-order chi connectivity index (χ1) is 15.3. The molecule has 1 aliphatic rings. The molecule has 0 saturated heterocycles. The monoisotopic (exact) mass is 448 g/mol. The summed E-state index contributed by atoms with van der Waals surface area (Å²) in [5.74, 6) is -0.193. The zero-order valence-corrected chi connectivity index (χ0v) is 18.4. The molecule has 0 unspecified atom stereocenters. The van der Waals surface area contributed by atoms with E-state index < -0.39 is 6.04 Å². The molecule has 0 bridgehead atoms. The number of nitrogens with zero attached hydrogens (tertiary/aromatic N) is 3. The van der Waals surface area contributed by atoms with Crippen LogP contribution in [-0.2, 0) is 17.8 Å². The Morgan fingerprint density at radius 3 is 2.62 bits per heavy atom. The van der Waals surface area contributed by atoms with Gasteiger partial charge in [0, 0.05) is 35.3 Å². The molecule has 1 atom stereocenters. The lowest BCUT2D eigenvalue weighted by Gasteiger charge is -2.26. The third-order valence-electron chi connectivity index (χ3n) is 5.42. The third kappa shape index (κ3) is 4.53. The quantitative estimate of drug-likeness (QED) is 0.654. The molecular formula is C24H21ClN4O3. The number of nitrogens with one attached hydrogen (secondary N) is 1. The van der Waals surface area contributed by atoms with Crippen molar-refractivity contribution in [3.63, 3.8) is 0 Å². The lowest BCUT2D eigenvalue weighted by atomic mass is 10.0. The van der Waals surface area contributed by atoms with Crippen LogP contribution in [0.3, 0.4) is 0 Å². The van der Waals surface area contributed by atoms with Crippen LogP contribution < -0.4 is 5.32 Å². The largest absolute Gasteiger partial charge is 0.325 e. The van der Waals surface area contributed by atoms with Gasteiger partial charge in [0.05, 0.1) is 17.9 Å². The van der Waals surface area contributed by atoms with Crippen molar-refractivity contribution in [2.45, 2.75) is 32.9 Å². The molecular weight excluding hydrogens is 428 g/mol. The highest BCUT2D eigenvalue weighted by molar-refractivity contribution is 6.30. The van der Waals surface area contributed by atoms with Gasteiger partial charge in [-0.3, -0.25) is 19.4 Å². The van der Waals surface area contributed by atoms with E-state index in [1.807, 2.05) is 0 Å². The average molecular weight is 449 g/mol. The zero-order chi connectivity index (χ0) is 22.8. The molecule has 32 heavy (non-hydrogen) atoms. The minimum absolute atomic E-state index is 0.0466. The fourth-order valence-corrected chi connectivity index (χ4v) is 3.83. The van der Waals surface area contributed by atoms with Gasteiger partial charge in [-0.25, -0.2) is 4.98 Å². The Balaban J connectivity index is 1.52. The number of ketones is 1. The lowest BCUT2D eigenvalue weighted by molar-refractivity contribution is -0.122. The number of benzene rings is 2. The number of halogens is 1. The Kier molecular flexibility index (Phi) is 6.01. The number of fused-ring (bicyclic) bond motifs is 1. The number of Topliss-reactive ketones (excluding diaryl/α,β-unsaturated/α-hetero) is 1. The van der Waals surface area contributed by atoms with Crippen molar-refractivity contribution in [1.82, 2.24) is 14.9 Å². The minimum Gasteiger partial charge on any atom is -0.325 e. The molecule has 0 fully saturated rings. The van der Waals surface area contributed by atoms with Crippen molar-refractivity contribution >= 4 is 35.0 Å². The number of hydrogen-bond donors (Lipinski definition) is 1. The van der Waals surface area contributed by atoms with Crippen LogP contribution in [0, 0.1) is 6.92 Å². The van der Waals surface area contributed by atoms with Gasteiger partial charge in [-0.15, -0.1) is 0 Å². The van der Waals surface area contributed by atoms with E-state index >= 15 is 0 Å². The standard InChI is InChI=1S/C24H21ClN4O3/c1-14-11-26-12-22(27-14)28-23(31)17-5-3-16(4-6-17)13-29-15(2)21(30)10-18-9-19(25)7-8-20(18)24(29)32/h3-9,11-12,15H,10,13H2,1-2H3,(H,27,28,31)/t15-/m1/s1. The van der Waals surface area contributed by atoms with Crippen molar-refractivity contribution < 1.29 is 14.4 Å². The number of aromatic nitrogens is 2. The van der Waals surface area contributed by atoms with E-state index in [1.54, 1.807) is 67.4 Å². The Labute approximate surface area is 190 Å². The van der Waals surface area contributed by atoms with Crippen LogP contribution >= 0.6 is 11.6 Å². The van der Waals surface area contributed by atoms with Crippen molar-refractivity contribution in [3.8, 4) is 0 Å².